The molecular weight excluding hydrogens is 522 g/mol. The van der Waals surface area contributed by atoms with E-state index in [2.05, 4.69) is 86.7 Å². The fourth-order valence-corrected chi connectivity index (χ4v) is 6.87. The Bertz CT molecular complexity index is 1190. The summed E-state index contributed by atoms with van der Waals surface area (Å²) in [6.45, 7) is 6.20. The van der Waals surface area contributed by atoms with Crippen molar-refractivity contribution in [3.05, 3.63) is 69.8 Å². The summed E-state index contributed by atoms with van der Waals surface area (Å²) in [4.78, 5) is 13.3. The first kappa shape index (κ1) is 26.5. The predicted octanol–water partition coefficient (Wildman–Crippen LogP) is 7.32. The van der Waals surface area contributed by atoms with Crippen LogP contribution < -0.4 is 10.6 Å². The number of carbonyl (C=O) groups is 1. The Hall–Kier alpha value is -2.11. The molecule has 4 nitrogen and oxygen atoms in total. The van der Waals surface area contributed by atoms with Gasteiger partial charge in [-0.15, -0.1) is 0 Å². The molecule has 5 rings (SSSR count). The lowest BCUT2D eigenvalue weighted by molar-refractivity contribution is -0.121. The average molecular weight is 565 g/mol. The molecular formula is C32H42BrN3O. The maximum Gasteiger partial charge on any atom is 0.220 e. The van der Waals surface area contributed by atoms with Crippen molar-refractivity contribution in [1.82, 2.24) is 15.2 Å². The highest BCUT2D eigenvalue weighted by atomic mass is 79.9. The third-order valence-corrected chi connectivity index (χ3v) is 9.09. The highest BCUT2D eigenvalue weighted by Gasteiger charge is 2.25. The van der Waals surface area contributed by atoms with Gasteiger partial charge in [0.1, 0.15) is 0 Å². The van der Waals surface area contributed by atoms with Crippen LogP contribution in [-0.2, 0) is 11.3 Å². The van der Waals surface area contributed by atoms with Gasteiger partial charge in [0.25, 0.3) is 0 Å². The number of nitrogens with one attached hydrogen (secondary N) is 2. The van der Waals surface area contributed by atoms with Crippen LogP contribution in [-0.4, -0.2) is 30.1 Å². The molecule has 1 amide bonds. The molecule has 198 valence electrons. The van der Waals surface area contributed by atoms with E-state index < -0.39 is 0 Å². The molecule has 1 saturated heterocycles. The molecule has 2 aromatic carbocycles. The molecule has 2 N–H and O–H groups in total. The van der Waals surface area contributed by atoms with Crippen molar-refractivity contribution in [3.63, 3.8) is 0 Å². The summed E-state index contributed by atoms with van der Waals surface area (Å²) in [6.07, 6.45) is 13.1. The molecule has 1 aromatic heterocycles. The second-order valence-corrected chi connectivity index (χ2v) is 12.3. The van der Waals surface area contributed by atoms with Crippen molar-refractivity contribution in [2.45, 2.75) is 77.2 Å². The van der Waals surface area contributed by atoms with Gasteiger partial charge in [-0.1, -0.05) is 65.0 Å². The predicted molar refractivity (Wildman–Crippen MR) is 157 cm³/mol. The van der Waals surface area contributed by atoms with Crippen LogP contribution in [0, 0.1) is 18.8 Å². The topological polar surface area (TPSA) is 46.1 Å². The standard InChI is InChI=1S/C32H42BrN3O/c1-23-6-5-9-26(18-23)28(20-32(37)35-17-14-24-12-15-34-16-13-24)30-22-36(21-25-7-3-2-4-8-25)31-11-10-27(33)19-29(30)31/h5-6,9-11,18-19,22,24-25,28,34H,2-4,7-8,12-17,20-21H2,1H3,(H,35,37). The number of benzene rings is 2. The average Bonchev–Trinajstić information content (AvgIpc) is 3.25. The number of amides is 1. The largest absolute Gasteiger partial charge is 0.356 e. The monoisotopic (exact) mass is 563 g/mol. The number of rotatable bonds is 9. The molecule has 0 bridgehead atoms. The molecule has 0 spiro atoms. The number of halogens is 1. The summed E-state index contributed by atoms with van der Waals surface area (Å²) in [5.74, 6) is 1.66. The van der Waals surface area contributed by atoms with Crippen LogP contribution in [0.4, 0.5) is 0 Å². The summed E-state index contributed by atoms with van der Waals surface area (Å²) in [7, 11) is 0. The van der Waals surface area contributed by atoms with Crippen molar-refractivity contribution < 1.29 is 4.79 Å². The van der Waals surface area contributed by atoms with Crippen LogP contribution in [0.2, 0.25) is 0 Å². The number of carbonyl (C=O) groups excluding carboxylic acids is 1. The third kappa shape index (κ3) is 6.86. The van der Waals surface area contributed by atoms with E-state index in [-0.39, 0.29) is 11.8 Å². The van der Waals surface area contributed by atoms with Gasteiger partial charge in [-0.2, -0.15) is 0 Å². The molecule has 1 unspecified atom stereocenters. The number of nitrogens with zero attached hydrogens (tertiary/aromatic N) is 1. The molecule has 1 atom stereocenters. The summed E-state index contributed by atoms with van der Waals surface area (Å²) in [5, 5.41) is 7.97. The minimum Gasteiger partial charge on any atom is -0.356 e. The lowest BCUT2D eigenvalue weighted by atomic mass is 9.87. The molecule has 0 radical (unpaired) electrons. The minimum absolute atomic E-state index is 0.0307. The van der Waals surface area contributed by atoms with E-state index in [0.29, 0.717) is 6.42 Å². The summed E-state index contributed by atoms with van der Waals surface area (Å²) < 4.78 is 3.57. The van der Waals surface area contributed by atoms with Crippen molar-refractivity contribution >= 4 is 32.7 Å². The smallest absolute Gasteiger partial charge is 0.220 e. The van der Waals surface area contributed by atoms with E-state index in [4.69, 9.17) is 0 Å². The Balaban J connectivity index is 1.41. The maximum absolute atomic E-state index is 13.3. The van der Waals surface area contributed by atoms with Gasteiger partial charge in [-0.25, -0.2) is 0 Å². The molecule has 1 aliphatic carbocycles. The first-order chi connectivity index (χ1) is 18.1. The second kappa shape index (κ2) is 12.6. The van der Waals surface area contributed by atoms with Gasteiger partial charge < -0.3 is 15.2 Å². The Morgan fingerprint density at radius 1 is 1.05 bits per heavy atom. The SMILES string of the molecule is Cc1cccc(C(CC(=O)NCCC2CCNCC2)c2cn(CC3CCCCC3)c3ccc(Br)cc23)c1. The third-order valence-electron chi connectivity index (χ3n) is 8.60. The molecule has 3 aromatic rings. The van der Waals surface area contributed by atoms with E-state index in [1.807, 2.05) is 0 Å². The number of piperidine rings is 1. The Morgan fingerprint density at radius 3 is 2.65 bits per heavy atom. The first-order valence-corrected chi connectivity index (χ1v) is 15.2. The minimum atomic E-state index is 0.0307. The maximum atomic E-state index is 13.3. The van der Waals surface area contributed by atoms with E-state index in [9.17, 15) is 4.79 Å². The molecule has 2 fully saturated rings. The van der Waals surface area contributed by atoms with Gasteiger partial charge in [0.2, 0.25) is 5.91 Å². The van der Waals surface area contributed by atoms with Crippen LogP contribution >= 0.6 is 15.9 Å². The molecule has 1 saturated carbocycles. The number of aryl methyl sites for hydroxylation is 1. The second-order valence-electron chi connectivity index (χ2n) is 11.4. The van der Waals surface area contributed by atoms with Gasteiger partial charge in [0.15, 0.2) is 0 Å². The van der Waals surface area contributed by atoms with Gasteiger partial charge in [0.05, 0.1) is 0 Å². The van der Waals surface area contributed by atoms with Gasteiger partial charge in [0, 0.05) is 47.0 Å². The molecule has 5 heteroatoms. The highest BCUT2D eigenvalue weighted by molar-refractivity contribution is 9.10. The molecule has 37 heavy (non-hydrogen) atoms. The molecule has 2 aliphatic rings. The summed E-state index contributed by atoms with van der Waals surface area (Å²) >= 11 is 3.72. The van der Waals surface area contributed by atoms with Crippen LogP contribution in [0.5, 0.6) is 0 Å². The Kier molecular flexibility index (Phi) is 9.04. The van der Waals surface area contributed by atoms with Gasteiger partial charge in [-0.3, -0.25) is 4.79 Å². The van der Waals surface area contributed by atoms with Crippen LogP contribution in [0.15, 0.2) is 53.1 Å². The zero-order chi connectivity index (χ0) is 25.6. The van der Waals surface area contributed by atoms with E-state index in [1.54, 1.807) is 0 Å². The van der Waals surface area contributed by atoms with Crippen LogP contribution in [0.1, 0.15) is 80.4 Å². The number of hydrogen-bond donors (Lipinski definition) is 2. The quantitative estimate of drug-likeness (QED) is 0.286. The number of aromatic nitrogens is 1. The zero-order valence-electron chi connectivity index (χ0n) is 22.3. The van der Waals surface area contributed by atoms with E-state index in [0.717, 1.165) is 48.9 Å². The highest BCUT2D eigenvalue weighted by Crippen LogP contribution is 2.37. The Morgan fingerprint density at radius 2 is 1.86 bits per heavy atom. The number of hydrogen-bond acceptors (Lipinski definition) is 2. The molecule has 2 heterocycles. The Labute approximate surface area is 230 Å². The lowest BCUT2D eigenvalue weighted by Gasteiger charge is -2.23. The van der Waals surface area contributed by atoms with Gasteiger partial charge in [-0.05, 0) is 93.3 Å². The van der Waals surface area contributed by atoms with E-state index >= 15 is 0 Å². The van der Waals surface area contributed by atoms with Crippen molar-refractivity contribution in [1.29, 1.82) is 0 Å². The van der Waals surface area contributed by atoms with Gasteiger partial charge >= 0.3 is 0 Å². The zero-order valence-corrected chi connectivity index (χ0v) is 23.9. The normalized spacial score (nSPS) is 18.2. The number of fused-ring (bicyclic) bond motifs is 1. The lowest BCUT2D eigenvalue weighted by Crippen LogP contribution is -2.31. The van der Waals surface area contributed by atoms with Crippen LogP contribution in [0.25, 0.3) is 10.9 Å². The van der Waals surface area contributed by atoms with E-state index in [1.165, 1.54) is 72.5 Å². The van der Waals surface area contributed by atoms with Crippen molar-refractivity contribution in [3.8, 4) is 0 Å². The molecule has 1 aliphatic heterocycles. The fourth-order valence-electron chi connectivity index (χ4n) is 6.51. The summed E-state index contributed by atoms with van der Waals surface area (Å²) in [5.41, 5.74) is 5.02. The van der Waals surface area contributed by atoms with Crippen LogP contribution in [0.3, 0.4) is 0 Å². The van der Waals surface area contributed by atoms with Crippen molar-refractivity contribution in [2.24, 2.45) is 11.8 Å². The van der Waals surface area contributed by atoms with Crippen molar-refractivity contribution in [2.75, 3.05) is 19.6 Å². The summed E-state index contributed by atoms with van der Waals surface area (Å²) in [6, 6.07) is 15.4. The fraction of sp³-hybridized carbons (Fsp3) is 0.531. The first-order valence-electron chi connectivity index (χ1n) is 14.4.